The topological polar surface area (TPSA) is 64.4 Å². The maximum absolute atomic E-state index is 12.6. The summed E-state index contributed by atoms with van der Waals surface area (Å²) in [6.45, 7) is 5.99. The van der Waals surface area contributed by atoms with Crippen LogP contribution in [0.1, 0.15) is 60.3 Å². The Bertz CT molecular complexity index is 1350. The number of anilines is 1. The molecule has 1 heterocycles. The number of aryl methyl sites for hydroxylation is 3. The summed E-state index contributed by atoms with van der Waals surface area (Å²) < 4.78 is 11.8. The number of hydrogen-bond acceptors (Lipinski definition) is 4. The number of rotatable bonds is 6. The molecular formula is C30H32N2O3. The average molecular weight is 469 g/mol. The van der Waals surface area contributed by atoms with E-state index in [1.807, 2.05) is 57.2 Å². The van der Waals surface area contributed by atoms with Crippen molar-refractivity contribution in [1.82, 2.24) is 4.98 Å². The predicted octanol–water partition coefficient (Wildman–Crippen LogP) is 7.49. The van der Waals surface area contributed by atoms with Gasteiger partial charge < -0.3 is 14.5 Å². The highest BCUT2D eigenvalue weighted by molar-refractivity contribution is 5.93. The predicted molar refractivity (Wildman–Crippen MR) is 140 cm³/mol. The second-order valence-corrected chi connectivity index (χ2v) is 9.72. The molecule has 0 bridgehead atoms. The Morgan fingerprint density at radius 2 is 1.74 bits per heavy atom. The van der Waals surface area contributed by atoms with Gasteiger partial charge in [-0.3, -0.25) is 4.79 Å². The van der Waals surface area contributed by atoms with E-state index in [9.17, 15) is 4.79 Å². The van der Waals surface area contributed by atoms with Crippen LogP contribution in [0.3, 0.4) is 0 Å². The minimum absolute atomic E-state index is 0.0478. The number of benzene rings is 3. The van der Waals surface area contributed by atoms with E-state index in [0.717, 1.165) is 39.0 Å². The number of aromatic nitrogens is 1. The van der Waals surface area contributed by atoms with Crippen molar-refractivity contribution in [2.75, 3.05) is 11.9 Å². The Morgan fingerprint density at radius 1 is 0.971 bits per heavy atom. The van der Waals surface area contributed by atoms with Crippen LogP contribution < -0.4 is 10.1 Å². The summed E-state index contributed by atoms with van der Waals surface area (Å²) in [6, 6.07) is 18.2. The second kappa shape index (κ2) is 9.95. The molecule has 5 heteroatoms. The van der Waals surface area contributed by atoms with Crippen LogP contribution in [0.2, 0.25) is 0 Å². The van der Waals surface area contributed by atoms with Gasteiger partial charge in [-0.05, 0) is 92.1 Å². The summed E-state index contributed by atoms with van der Waals surface area (Å²) in [5, 5.41) is 2.97. The molecule has 1 N–H and O–H groups in total. The molecule has 1 aliphatic carbocycles. The number of nitrogens with zero attached hydrogens (tertiary/aromatic N) is 1. The van der Waals surface area contributed by atoms with E-state index in [4.69, 9.17) is 9.15 Å². The van der Waals surface area contributed by atoms with Crippen LogP contribution in [0.4, 0.5) is 5.69 Å². The van der Waals surface area contributed by atoms with Crippen LogP contribution in [0, 0.1) is 20.8 Å². The van der Waals surface area contributed by atoms with E-state index in [0.29, 0.717) is 17.6 Å². The molecule has 0 aliphatic heterocycles. The smallest absolute Gasteiger partial charge is 0.262 e. The van der Waals surface area contributed by atoms with E-state index in [1.165, 1.54) is 37.7 Å². The molecule has 0 unspecified atom stereocenters. The molecule has 1 saturated carbocycles. The SMILES string of the molecule is Cc1cc(C)c2oc(-c3ccc(C)c(NC(=O)COc4ccc(C5CCCCC5)cc4)c3)nc2c1. The van der Waals surface area contributed by atoms with Crippen molar-refractivity contribution in [2.24, 2.45) is 0 Å². The van der Waals surface area contributed by atoms with Crippen molar-refractivity contribution < 1.29 is 13.9 Å². The minimum atomic E-state index is -0.203. The fourth-order valence-corrected chi connectivity index (χ4v) is 5.00. The summed E-state index contributed by atoms with van der Waals surface area (Å²) >= 11 is 0. The van der Waals surface area contributed by atoms with Gasteiger partial charge in [0.25, 0.3) is 5.91 Å². The Kier molecular flexibility index (Phi) is 6.58. The maximum atomic E-state index is 12.6. The highest BCUT2D eigenvalue weighted by Crippen LogP contribution is 2.33. The third kappa shape index (κ3) is 5.24. The summed E-state index contributed by atoms with van der Waals surface area (Å²) in [7, 11) is 0. The number of carbonyl (C=O) groups excluding carboxylic acids is 1. The third-order valence-corrected chi connectivity index (χ3v) is 6.91. The lowest BCUT2D eigenvalue weighted by Gasteiger charge is -2.22. The number of oxazole rings is 1. The number of ether oxygens (including phenoxy) is 1. The molecule has 0 spiro atoms. The molecule has 3 aromatic carbocycles. The van der Waals surface area contributed by atoms with E-state index < -0.39 is 0 Å². The second-order valence-electron chi connectivity index (χ2n) is 9.72. The zero-order chi connectivity index (χ0) is 24.4. The van der Waals surface area contributed by atoms with Gasteiger partial charge in [0.1, 0.15) is 11.3 Å². The van der Waals surface area contributed by atoms with Crippen LogP contribution in [0.5, 0.6) is 5.75 Å². The van der Waals surface area contributed by atoms with Crippen LogP contribution in [0.15, 0.2) is 59.0 Å². The lowest BCUT2D eigenvalue weighted by Crippen LogP contribution is -2.20. The summed E-state index contributed by atoms with van der Waals surface area (Å²) in [4.78, 5) is 17.3. The van der Waals surface area contributed by atoms with Crippen molar-refractivity contribution in [2.45, 2.75) is 58.8 Å². The molecule has 35 heavy (non-hydrogen) atoms. The summed E-state index contributed by atoms with van der Waals surface area (Å²) in [6.07, 6.45) is 6.52. The molecule has 5 nitrogen and oxygen atoms in total. The van der Waals surface area contributed by atoms with E-state index >= 15 is 0 Å². The van der Waals surface area contributed by atoms with Crippen molar-refractivity contribution in [1.29, 1.82) is 0 Å². The van der Waals surface area contributed by atoms with E-state index in [-0.39, 0.29) is 12.5 Å². The van der Waals surface area contributed by atoms with Gasteiger partial charge in [0.05, 0.1) is 0 Å². The lowest BCUT2D eigenvalue weighted by molar-refractivity contribution is -0.118. The molecule has 1 fully saturated rings. The molecular weight excluding hydrogens is 436 g/mol. The third-order valence-electron chi connectivity index (χ3n) is 6.91. The Hall–Kier alpha value is -3.60. The van der Waals surface area contributed by atoms with Gasteiger partial charge in [-0.2, -0.15) is 0 Å². The zero-order valence-corrected chi connectivity index (χ0v) is 20.7. The standard InChI is InChI=1S/C30H32N2O3/c1-19-15-21(3)29-27(16-19)32-30(35-29)24-10-9-20(2)26(17-24)31-28(33)18-34-25-13-11-23(12-14-25)22-7-5-4-6-8-22/h9-17,22H,4-8,18H2,1-3H3,(H,31,33). The monoisotopic (exact) mass is 468 g/mol. The molecule has 1 aromatic heterocycles. The lowest BCUT2D eigenvalue weighted by atomic mass is 9.84. The van der Waals surface area contributed by atoms with Gasteiger partial charge in [-0.15, -0.1) is 0 Å². The van der Waals surface area contributed by atoms with E-state index in [2.05, 4.69) is 28.5 Å². The first-order chi connectivity index (χ1) is 17.0. The highest BCUT2D eigenvalue weighted by Gasteiger charge is 2.16. The fourth-order valence-electron chi connectivity index (χ4n) is 5.00. The molecule has 0 saturated heterocycles. The quantitative estimate of drug-likeness (QED) is 0.318. The number of amides is 1. The Morgan fingerprint density at radius 3 is 2.51 bits per heavy atom. The van der Waals surface area contributed by atoms with Crippen LogP contribution >= 0.6 is 0 Å². The highest BCUT2D eigenvalue weighted by atomic mass is 16.5. The Labute approximate surface area is 206 Å². The largest absolute Gasteiger partial charge is 0.484 e. The van der Waals surface area contributed by atoms with Crippen LogP contribution in [-0.4, -0.2) is 17.5 Å². The first kappa shape index (κ1) is 23.2. The first-order valence-corrected chi connectivity index (χ1v) is 12.5. The van der Waals surface area contributed by atoms with Crippen molar-refractivity contribution >= 4 is 22.7 Å². The average Bonchev–Trinajstić information content (AvgIpc) is 3.29. The fraction of sp³-hybridized carbons (Fsp3) is 0.333. The number of hydrogen-bond donors (Lipinski definition) is 1. The van der Waals surface area contributed by atoms with Gasteiger partial charge in [0.2, 0.25) is 5.89 Å². The molecule has 4 aromatic rings. The molecule has 1 amide bonds. The number of carbonyl (C=O) groups is 1. The van der Waals surface area contributed by atoms with Gasteiger partial charge >= 0.3 is 0 Å². The molecule has 1 aliphatic rings. The van der Waals surface area contributed by atoms with Crippen molar-refractivity contribution in [3.63, 3.8) is 0 Å². The molecule has 0 radical (unpaired) electrons. The van der Waals surface area contributed by atoms with Gasteiger partial charge in [0.15, 0.2) is 12.2 Å². The Balaban J connectivity index is 1.24. The number of nitrogens with one attached hydrogen (secondary N) is 1. The molecule has 180 valence electrons. The minimum Gasteiger partial charge on any atom is -0.484 e. The van der Waals surface area contributed by atoms with Crippen LogP contribution in [-0.2, 0) is 4.79 Å². The molecule has 5 rings (SSSR count). The van der Waals surface area contributed by atoms with Gasteiger partial charge in [0, 0.05) is 11.3 Å². The maximum Gasteiger partial charge on any atom is 0.262 e. The molecule has 0 atom stereocenters. The van der Waals surface area contributed by atoms with Crippen molar-refractivity contribution in [3.8, 4) is 17.2 Å². The zero-order valence-electron chi connectivity index (χ0n) is 20.7. The summed E-state index contributed by atoms with van der Waals surface area (Å²) in [5.41, 5.74) is 7.71. The normalized spacial score (nSPS) is 14.3. The first-order valence-electron chi connectivity index (χ1n) is 12.5. The van der Waals surface area contributed by atoms with Gasteiger partial charge in [-0.1, -0.05) is 43.5 Å². The van der Waals surface area contributed by atoms with Crippen molar-refractivity contribution in [3.05, 3.63) is 76.9 Å². The van der Waals surface area contributed by atoms with Gasteiger partial charge in [-0.25, -0.2) is 4.98 Å². The number of fused-ring (bicyclic) bond motifs is 1. The summed E-state index contributed by atoms with van der Waals surface area (Å²) in [5.74, 6) is 1.71. The van der Waals surface area contributed by atoms with E-state index in [1.54, 1.807) is 0 Å². The van der Waals surface area contributed by atoms with Crippen LogP contribution in [0.25, 0.3) is 22.6 Å².